The van der Waals surface area contributed by atoms with Crippen molar-refractivity contribution in [3.8, 4) is 11.4 Å². The van der Waals surface area contributed by atoms with Gasteiger partial charge in [0.1, 0.15) is 11.6 Å². The van der Waals surface area contributed by atoms with Gasteiger partial charge in [-0.25, -0.2) is 19.3 Å². The first-order chi connectivity index (χ1) is 12.5. The Labute approximate surface area is 162 Å². The molecule has 0 spiro atoms. The van der Waals surface area contributed by atoms with Crippen LogP contribution in [0.15, 0.2) is 30.3 Å². The van der Waals surface area contributed by atoms with E-state index in [0.717, 1.165) is 25.7 Å². The molecule has 142 valence electrons. The number of nitrogens with two attached hydrogens (primary N) is 1. The maximum absolute atomic E-state index is 13.5. The summed E-state index contributed by atoms with van der Waals surface area (Å²) in [6.45, 7) is 0. The molecule has 0 amide bonds. The number of anilines is 1. The first-order valence-electron chi connectivity index (χ1n) is 8.63. The van der Waals surface area contributed by atoms with E-state index in [4.69, 9.17) is 5.73 Å². The molecule has 0 saturated heterocycles. The zero-order valence-electron chi connectivity index (χ0n) is 14.9. The van der Waals surface area contributed by atoms with Crippen LogP contribution in [0.2, 0.25) is 0 Å². The molecule has 0 atom stereocenters. The quantitative estimate of drug-likeness (QED) is 0.715. The second kappa shape index (κ2) is 7.25. The Kier molecular flexibility index (Phi) is 5.17. The minimum atomic E-state index is -0.785. The lowest BCUT2D eigenvalue weighted by Crippen LogP contribution is -2.19. The maximum Gasteiger partial charge on any atom is 0.166 e. The molecule has 0 aliphatic heterocycles. The number of hydrogen-bond donors (Lipinski definition) is 2. The van der Waals surface area contributed by atoms with Gasteiger partial charge in [0.15, 0.2) is 22.8 Å². The topological polar surface area (TPSA) is 89.9 Å². The van der Waals surface area contributed by atoms with Crippen molar-refractivity contribution in [1.82, 2.24) is 19.5 Å². The number of halogens is 2. The summed E-state index contributed by atoms with van der Waals surface area (Å²) >= 11 is 0. The second-order valence-electron chi connectivity index (χ2n) is 6.79. The SMILES string of the molecule is Cl.Cn1c(-c2cccc(F)c2)nc2c(N)nc(/C=C/C3(O)CCCC3)nc21. The van der Waals surface area contributed by atoms with Crippen molar-refractivity contribution >= 4 is 35.5 Å². The Morgan fingerprint density at radius 3 is 2.67 bits per heavy atom. The third kappa shape index (κ3) is 3.65. The molecule has 27 heavy (non-hydrogen) atoms. The van der Waals surface area contributed by atoms with Crippen LogP contribution in [-0.2, 0) is 7.05 Å². The third-order valence-electron chi connectivity index (χ3n) is 4.86. The van der Waals surface area contributed by atoms with Crippen LogP contribution in [0.5, 0.6) is 0 Å². The zero-order valence-corrected chi connectivity index (χ0v) is 15.7. The predicted molar refractivity (Wildman–Crippen MR) is 106 cm³/mol. The van der Waals surface area contributed by atoms with Crippen molar-refractivity contribution in [2.75, 3.05) is 5.73 Å². The largest absolute Gasteiger partial charge is 0.386 e. The number of nitrogens with zero attached hydrogens (tertiary/aromatic N) is 4. The van der Waals surface area contributed by atoms with E-state index in [0.29, 0.717) is 28.4 Å². The van der Waals surface area contributed by atoms with Crippen molar-refractivity contribution in [2.24, 2.45) is 7.05 Å². The summed E-state index contributed by atoms with van der Waals surface area (Å²) in [7, 11) is 1.81. The molecule has 3 N–H and O–H groups in total. The molecular formula is C19H21ClFN5O. The Bertz CT molecular complexity index is 1010. The standard InChI is InChI=1S/C19H20FN5O.ClH/c1-25-17(12-5-4-6-13(20)11-12)24-15-16(21)22-14(23-18(15)25)7-10-19(26)8-2-3-9-19;/h4-7,10-11,26H,2-3,8-9H2,1H3,(H2,21,22,23);1H/b10-7+;. The van der Waals surface area contributed by atoms with Gasteiger partial charge in [-0.1, -0.05) is 25.0 Å². The predicted octanol–water partition coefficient (Wildman–Crippen LogP) is 3.49. The van der Waals surface area contributed by atoms with E-state index in [1.54, 1.807) is 35.9 Å². The molecule has 0 unspecified atom stereocenters. The van der Waals surface area contributed by atoms with E-state index >= 15 is 0 Å². The molecule has 1 fully saturated rings. The zero-order chi connectivity index (χ0) is 18.3. The highest BCUT2D eigenvalue weighted by molar-refractivity contribution is 5.86. The van der Waals surface area contributed by atoms with Gasteiger partial charge in [-0.05, 0) is 37.1 Å². The Morgan fingerprint density at radius 1 is 1.22 bits per heavy atom. The fourth-order valence-corrected chi connectivity index (χ4v) is 3.44. The molecule has 3 aromatic rings. The molecule has 8 heteroatoms. The van der Waals surface area contributed by atoms with Crippen molar-refractivity contribution in [1.29, 1.82) is 0 Å². The maximum atomic E-state index is 13.5. The first kappa shape index (κ1) is 19.3. The number of hydrogen-bond acceptors (Lipinski definition) is 5. The Morgan fingerprint density at radius 2 is 1.96 bits per heavy atom. The third-order valence-corrected chi connectivity index (χ3v) is 4.86. The van der Waals surface area contributed by atoms with Gasteiger partial charge in [0.2, 0.25) is 0 Å². The number of benzene rings is 1. The summed E-state index contributed by atoms with van der Waals surface area (Å²) in [5.41, 5.74) is 6.96. The van der Waals surface area contributed by atoms with Crippen LogP contribution < -0.4 is 5.73 Å². The number of rotatable bonds is 3. The summed E-state index contributed by atoms with van der Waals surface area (Å²) in [4.78, 5) is 13.3. The Balaban J connectivity index is 0.00000210. The van der Waals surface area contributed by atoms with Gasteiger partial charge in [0, 0.05) is 12.6 Å². The molecule has 0 radical (unpaired) electrons. The number of nitrogen functional groups attached to an aromatic ring is 1. The van der Waals surface area contributed by atoms with E-state index in [1.165, 1.54) is 12.1 Å². The molecule has 4 rings (SSSR count). The number of aliphatic hydroxyl groups is 1. The number of fused-ring (bicyclic) bond motifs is 1. The fourth-order valence-electron chi connectivity index (χ4n) is 3.44. The fraction of sp³-hybridized carbons (Fsp3) is 0.316. The summed E-state index contributed by atoms with van der Waals surface area (Å²) in [5, 5.41) is 10.4. The van der Waals surface area contributed by atoms with Crippen LogP contribution in [0.25, 0.3) is 28.6 Å². The van der Waals surface area contributed by atoms with Crippen LogP contribution in [-0.4, -0.2) is 30.2 Å². The van der Waals surface area contributed by atoms with Crippen LogP contribution >= 0.6 is 12.4 Å². The van der Waals surface area contributed by atoms with Crippen molar-refractivity contribution in [3.63, 3.8) is 0 Å². The highest BCUT2D eigenvalue weighted by atomic mass is 35.5. The van der Waals surface area contributed by atoms with E-state index < -0.39 is 5.60 Å². The lowest BCUT2D eigenvalue weighted by molar-refractivity contribution is 0.100. The average Bonchev–Trinajstić information content (AvgIpc) is 3.18. The van der Waals surface area contributed by atoms with Crippen LogP contribution in [0.4, 0.5) is 10.2 Å². The highest BCUT2D eigenvalue weighted by Crippen LogP contribution is 2.31. The molecule has 2 heterocycles. The van der Waals surface area contributed by atoms with Crippen molar-refractivity contribution in [3.05, 3.63) is 42.0 Å². The summed E-state index contributed by atoms with van der Waals surface area (Å²) in [6, 6.07) is 6.22. The normalized spacial score (nSPS) is 16.1. The smallest absolute Gasteiger partial charge is 0.166 e. The van der Waals surface area contributed by atoms with Gasteiger partial charge in [-0.2, -0.15) is 0 Å². The molecule has 1 aliphatic rings. The number of aromatic nitrogens is 4. The van der Waals surface area contributed by atoms with Crippen molar-refractivity contribution in [2.45, 2.75) is 31.3 Å². The molecule has 0 bridgehead atoms. The van der Waals surface area contributed by atoms with Gasteiger partial charge in [-0.15, -0.1) is 12.4 Å². The van der Waals surface area contributed by atoms with E-state index in [-0.39, 0.29) is 24.0 Å². The van der Waals surface area contributed by atoms with Crippen LogP contribution in [0.3, 0.4) is 0 Å². The van der Waals surface area contributed by atoms with E-state index in [2.05, 4.69) is 15.0 Å². The molecule has 2 aromatic heterocycles. The number of imidazole rings is 1. The van der Waals surface area contributed by atoms with Gasteiger partial charge >= 0.3 is 0 Å². The summed E-state index contributed by atoms with van der Waals surface area (Å²) in [6.07, 6.45) is 6.98. The van der Waals surface area contributed by atoms with Crippen LogP contribution in [0, 0.1) is 5.82 Å². The Hall–Kier alpha value is -2.51. The average molecular weight is 390 g/mol. The lowest BCUT2D eigenvalue weighted by atomic mass is 10.0. The highest BCUT2D eigenvalue weighted by Gasteiger charge is 2.28. The van der Waals surface area contributed by atoms with E-state index in [1.807, 2.05) is 0 Å². The monoisotopic (exact) mass is 389 g/mol. The van der Waals surface area contributed by atoms with E-state index in [9.17, 15) is 9.50 Å². The first-order valence-corrected chi connectivity index (χ1v) is 8.63. The number of aryl methyl sites for hydroxylation is 1. The summed E-state index contributed by atoms with van der Waals surface area (Å²) < 4.78 is 15.3. The molecular weight excluding hydrogens is 369 g/mol. The molecule has 1 aliphatic carbocycles. The minimum Gasteiger partial charge on any atom is -0.386 e. The van der Waals surface area contributed by atoms with Gasteiger partial charge < -0.3 is 15.4 Å². The second-order valence-corrected chi connectivity index (χ2v) is 6.79. The van der Waals surface area contributed by atoms with Gasteiger partial charge in [0.25, 0.3) is 0 Å². The minimum absolute atomic E-state index is 0. The van der Waals surface area contributed by atoms with Gasteiger partial charge in [0.05, 0.1) is 5.60 Å². The molecule has 1 saturated carbocycles. The van der Waals surface area contributed by atoms with Crippen molar-refractivity contribution < 1.29 is 9.50 Å². The van der Waals surface area contributed by atoms with Gasteiger partial charge in [-0.3, -0.25) is 0 Å². The molecule has 1 aromatic carbocycles. The van der Waals surface area contributed by atoms with Crippen LogP contribution in [0.1, 0.15) is 31.5 Å². The lowest BCUT2D eigenvalue weighted by Gasteiger charge is -2.16. The summed E-state index contributed by atoms with van der Waals surface area (Å²) in [5.74, 6) is 0.911. The molecule has 6 nitrogen and oxygen atoms in total.